The number of piperidine rings is 1. The molecule has 1 atom stereocenters. The molecule has 12 nitrogen and oxygen atoms in total. The van der Waals surface area contributed by atoms with E-state index in [2.05, 4.69) is 33.2 Å². The molecule has 6 rings (SSSR count). The molecule has 1 unspecified atom stereocenters. The minimum absolute atomic E-state index is 0.0208. The number of hydrazone groups is 1. The fraction of sp³-hybridized carbons (Fsp3) is 0.342. The number of anilines is 3. The maximum atomic E-state index is 13.4. The van der Waals surface area contributed by atoms with E-state index in [-0.39, 0.29) is 30.2 Å². The molecule has 2 aliphatic heterocycles. The van der Waals surface area contributed by atoms with Gasteiger partial charge in [0.1, 0.15) is 23.5 Å². The van der Waals surface area contributed by atoms with Gasteiger partial charge in [-0.2, -0.15) is 5.10 Å². The van der Waals surface area contributed by atoms with Gasteiger partial charge in [-0.1, -0.05) is 55.3 Å². The molecule has 0 bridgehead atoms. The zero-order valence-corrected chi connectivity index (χ0v) is 28.7. The third-order valence-corrected chi connectivity index (χ3v) is 9.00. The van der Waals surface area contributed by atoms with E-state index in [0.29, 0.717) is 55.4 Å². The van der Waals surface area contributed by atoms with Crippen LogP contribution in [0, 0.1) is 6.92 Å². The molecule has 1 aromatic heterocycles. The number of pyridine rings is 1. The van der Waals surface area contributed by atoms with E-state index in [1.807, 2.05) is 72.6 Å². The average Bonchev–Trinajstić information content (AvgIpc) is 3.51. The van der Waals surface area contributed by atoms with E-state index >= 15 is 0 Å². The fourth-order valence-corrected chi connectivity index (χ4v) is 6.28. The van der Waals surface area contributed by atoms with Crippen molar-refractivity contribution >= 4 is 51.6 Å². The maximum Gasteiger partial charge on any atom is 0.320 e. The number of carbonyl (C=O) groups is 3. The second kappa shape index (κ2) is 15.7. The Morgan fingerprint density at radius 2 is 1.64 bits per heavy atom. The minimum atomic E-state index is -0.363. The minimum Gasteiger partial charge on any atom is -0.457 e. The highest BCUT2D eigenvalue weighted by atomic mass is 16.5. The van der Waals surface area contributed by atoms with E-state index in [9.17, 15) is 14.4 Å². The van der Waals surface area contributed by atoms with E-state index in [0.717, 1.165) is 47.0 Å². The number of nitrogens with zero attached hydrogens (tertiary/aromatic N) is 4. The van der Waals surface area contributed by atoms with Crippen molar-refractivity contribution in [1.82, 2.24) is 20.5 Å². The number of benzene rings is 3. The lowest BCUT2D eigenvalue weighted by molar-refractivity contribution is -0.129. The van der Waals surface area contributed by atoms with Gasteiger partial charge >= 0.3 is 12.1 Å². The quantitative estimate of drug-likeness (QED) is 0.138. The Bertz CT molecular complexity index is 1870. The van der Waals surface area contributed by atoms with Crippen LogP contribution in [0.3, 0.4) is 0 Å². The predicted octanol–water partition coefficient (Wildman–Crippen LogP) is 7.37. The molecular weight excluding hydrogens is 632 g/mol. The van der Waals surface area contributed by atoms with Crippen molar-refractivity contribution in [2.45, 2.75) is 71.5 Å². The van der Waals surface area contributed by atoms with Crippen molar-refractivity contribution in [2.75, 3.05) is 28.7 Å². The Labute approximate surface area is 292 Å². The van der Waals surface area contributed by atoms with Gasteiger partial charge in [-0.15, -0.1) is 0 Å². The number of urea groups is 2. The van der Waals surface area contributed by atoms with Gasteiger partial charge in [-0.3, -0.25) is 10.1 Å². The van der Waals surface area contributed by atoms with Crippen molar-refractivity contribution in [3.63, 3.8) is 0 Å². The first-order chi connectivity index (χ1) is 24.2. The number of amides is 5. The first kappa shape index (κ1) is 34.2. The number of carbonyl (C=O) groups excluding carboxylic acids is 3. The fourth-order valence-electron chi connectivity index (χ4n) is 6.28. The second-order valence-electron chi connectivity index (χ2n) is 12.8. The number of fused-ring (bicyclic) bond motifs is 1. The van der Waals surface area contributed by atoms with E-state index in [1.165, 1.54) is 0 Å². The lowest BCUT2D eigenvalue weighted by atomic mass is 10.1. The van der Waals surface area contributed by atoms with Crippen molar-refractivity contribution in [1.29, 1.82) is 0 Å². The van der Waals surface area contributed by atoms with Gasteiger partial charge in [0.15, 0.2) is 0 Å². The van der Waals surface area contributed by atoms with Gasteiger partial charge in [-0.05, 0) is 62.9 Å². The number of hydrogen-bond donors (Lipinski definition) is 4. The van der Waals surface area contributed by atoms with Crippen LogP contribution in [0.5, 0.6) is 11.5 Å². The number of nitrogens with one attached hydrogen (secondary N) is 4. The van der Waals surface area contributed by atoms with Gasteiger partial charge in [0, 0.05) is 61.2 Å². The summed E-state index contributed by atoms with van der Waals surface area (Å²) in [5, 5.41) is 20.3. The monoisotopic (exact) mass is 676 g/mol. The summed E-state index contributed by atoms with van der Waals surface area (Å²) in [5.41, 5.74) is 3.81. The van der Waals surface area contributed by atoms with Crippen LogP contribution in [0.15, 0.2) is 84.1 Å². The molecule has 12 heteroatoms. The molecule has 4 N–H and O–H groups in total. The van der Waals surface area contributed by atoms with Crippen molar-refractivity contribution in [3.8, 4) is 11.5 Å². The normalized spacial score (nSPS) is 16.1. The van der Waals surface area contributed by atoms with Crippen LogP contribution in [0.2, 0.25) is 0 Å². The second-order valence-corrected chi connectivity index (χ2v) is 12.8. The molecule has 5 amide bonds. The highest BCUT2D eigenvalue weighted by Crippen LogP contribution is 2.35. The van der Waals surface area contributed by atoms with Crippen molar-refractivity contribution in [2.24, 2.45) is 5.10 Å². The SMILES string of the molecule is CCCCC1=NN(c2ccc(C)cc2)C(NC(=O)Nc2ccc(Oc3ccnc(NC(=O)NC4CCN(C(C)=O)CC4)c3)c3ccccc23)C1. The van der Waals surface area contributed by atoms with E-state index < -0.39 is 0 Å². The van der Waals surface area contributed by atoms with Crippen LogP contribution < -0.4 is 31.0 Å². The number of unbranched alkanes of at least 4 members (excludes halogenated alkanes) is 1. The van der Waals surface area contributed by atoms with Crippen LogP contribution in [0.4, 0.5) is 26.8 Å². The van der Waals surface area contributed by atoms with E-state index in [4.69, 9.17) is 9.84 Å². The number of aromatic nitrogens is 1. The molecule has 260 valence electrons. The zero-order chi connectivity index (χ0) is 35.0. The summed E-state index contributed by atoms with van der Waals surface area (Å²) >= 11 is 0. The van der Waals surface area contributed by atoms with Crippen molar-refractivity contribution < 1.29 is 19.1 Å². The Balaban J connectivity index is 1.10. The van der Waals surface area contributed by atoms with Crippen LogP contribution in [0.1, 0.15) is 57.9 Å². The van der Waals surface area contributed by atoms with Crippen LogP contribution >= 0.6 is 0 Å². The van der Waals surface area contributed by atoms with Crippen LogP contribution in [-0.4, -0.2) is 58.9 Å². The number of aryl methyl sites for hydroxylation is 1. The zero-order valence-electron chi connectivity index (χ0n) is 28.7. The predicted molar refractivity (Wildman–Crippen MR) is 197 cm³/mol. The molecule has 3 aromatic carbocycles. The summed E-state index contributed by atoms with van der Waals surface area (Å²) in [7, 11) is 0. The molecule has 1 saturated heterocycles. The summed E-state index contributed by atoms with van der Waals surface area (Å²) in [5.74, 6) is 1.47. The molecule has 0 saturated carbocycles. The molecule has 0 aliphatic carbocycles. The summed E-state index contributed by atoms with van der Waals surface area (Å²) in [6.07, 6.45) is 6.34. The lowest BCUT2D eigenvalue weighted by Gasteiger charge is -2.31. The van der Waals surface area contributed by atoms with Gasteiger partial charge in [-0.25, -0.2) is 19.6 Å². The van der Waals surface area contributed by atoms with Crippen molar-refractivity contribution in [3.05, 3.63) is 84.6 Å². The van der Waals surface area contributed by atoms with Gasteiger partial charge in [0.25, 0.3) is 0 Å². The molecule has 1 fully saturated rings. The van der Waals surface area contributed by atoms with Gasteiger partial charge in [0.2, 0.25) is 5.91 Å². The Hall–Kier alpha value is -5.65. The number of hydrogen-bond acceptors (Lipinski definition) is 7. The summed E-state index contributed by atoms with van der Waals surface area (Å²) in [4.78, 5) is 43.8. The molecule has 4 aromatic rings. The standard InChI is InChI=1S/C38H44N8O4/c1-4-5-8-28-23-36(46(44-28)29-13-11-25(2)12-14-29)43-38(49)41-33-15-16-34(32-10-7-6-9-31(32)33)50-30-17-20-39-35(24-30)42-37(48)40-27-18-21-45(22-19-27)26(3)47/h6-7,9-17,20,24,27,36H,4-5,8,18-19,21-23H2,1-3H3,(H2,41,43,49)(H2,39,40,42,48). The third-order valence-electron chi connectivity index (χ3n) is 9.00. The topological polar surface area (TPSA) is 140 Å². The van der Waals surface area contributed by atoms with Gasteiger partial charge < -0.3 is 25.6 Å². The van der Waals surface area contributed by atoms with Crippen LogP contribution in [0.25, 0.3) is 10.8 Å². The molecule has 50 heavy (non-hydrogen) atoms. The highest BCUT2D eigenvalue weighted by Gasteiger charge is 2.29. The molecule has 0 radical (unpaired) electrons. The van der Waals surface area contributed by atoms with E-state index in [1.54, 1.807) is 30.2 Å². The Morgan fingerprint density at radius 3 is 2.38 bits per heavy atom. The first-order valence-corrected chi connectivity index (χ1v) is 17.2. The molecule has 0 spiro atoms. The number of likely N-dealkylation sites (tertiary alicyclic amines) is 1. The maximum absolute atomic E-state index is 13.4. The third kappa shape index (κ3) is 8.49. The lowest BCUT2D eigenvalue weighted by Crippen LogP contribution is -2.47. The Kier molecular flexibility index (Phi) is 10.8. The Morgan fingerprint density at radius 1 is 0.900 bits per heavy atom. The highest BCUT2D eigenvalue weighted by molar-refractivity contribution is 6.04. The average molecular weight is 677 g/mol. The van der Waals surface area contributed by atoms with Gasteiger partial charge in [0.05, 0.1) is 11.4 Å². The first-order valence-electron chi connectivity index (χ1n) is 17.2. The summed E-state index contributed by atoms with van der Waals surface area (Å²) < 4.78 is 6.28. The molecule has 2 aliphatic rings. The number of ether oxygens (including phenoxy) is 1. The summed E-state index contributed by atoms with van der Waals surface area (Å²) in [6.45, 7) is 7.01. The smallest absolute Gasteiger partial charge is 0.320 e. The van der Waals surface area contributed by atoms with Crippen LogP contribution in [-0.2, 0) is 4.79 Å². The summed E-state index contributed by atoms with van der Waals surface area (Å²) in [6, 6.07) is 22.1. The number of rotatable bonds is 10. The largest absolute Gasteiger partial charge is 0.457 e. The molecular formula is C38H44N8O4. The molecule has 3 heterocycles.